The number of aromatic nitrogens is 2. The zero-order chi connectivity index (χ0) is 20.7. The summed E-state index contributed by atoms with van der Waals surface area (Å²) in [4.78, 5) is 31.9. The van der Waals surface area contributed by atoms with Gasteiger partial charge >= 0.3 is 0 Å². The highest BCUT2D eigenvalue weighted by atomic mass is 16.6. The van der Waals surface area contributed by atoms with E-state index in [0.717, 1.165) is 16.6 Å². The number of fused-ring (bicyclic) bond motifs is 2. The summed E-state index contributed by atoms with van der Waals surface area (Å²) in [5.74, 6) is 1.29. The van der Waals surface area contributed by atoms with E-state index >= 15 is 0 Å². The highest BCUT2D eigenvalue weighted by Crippen LogP contribution is 2.31. The molecule has 2 heterocycles. The fourth-order valence-electron chi connectivity index (χ4n) is 3.43. The summed E-state index contributed by atoms with van der Waals surface area (Å²) in [5, 5.41) is 0. The zero-order valence-electron chi connectivity index (χ0n) is 15.8. The number of H-pyrrole nitrogens is 1. The lowest BCUT2D eigenvalue weighted by molar-refractivity contribution is 0.0998. The third-order valence-electron chi connectivity index (χ3n) is 4.99. The Morgan fingerprint density at radius 3 is 2.30 bits per heavy atom. The Bertz CT molecular complexity index is 1290. The van der Waals surface area contributed by atoms with E-state index < -0.39 is 5.91 Å². The molecule has 0 saturated carbocycles. The van der Waals surface area contributed by atoms with Crippen molar-refractivity contribution in [2.75, 3.05) is 13.2 Å². The van der Waals surface area contributed by atoms with Crippen LogP contribution in [0.4, 0.5) is 0 Å². The molecule has 0 atom stereocenters. The molecule has 148 valence electrons. The van der Waals surface area contributed by atoms with Gasteiger partial charge in [-0.3, -0.25) is 9.59 Å². The van der Waals surface area contributed by atoms with Crippen LogP contribution in [0.3, 0.4) is 0 Å². The highest BCUT2D eigenvalue weighted by Gasteiger charge is 2.16. The molecule has 7 nitrogen and oxygen atoms in total. The van der Waals surface area contributed by atoms with Gasteiger partial charge in [0.05, 0.1) is 11.0 Å². The average molecular weight is 399 g/mol. The van der Waals surface area contributed by atoms with Crippen LogP contribution in [0.25, 0.3) is 22.4 Å². The van der Waals surface area contributed by atoms with Crippen LogP contribution in [-0.4, -0.2) is 34.9 Å². The number of primary amides is 1. The fourth-order valence-corrected chi connectivity index (χ4v) is 3.43. The predicted octanol–water partition coefficient (Wildman–Crippen LogP) is 3.33. The topological polar surface area (TPSA) is 107 Å². The Kier molecular flexibility index (Phi) is 4.21. The first kappa shape index (κ1) is 17.9. The summed E-state index contributed by atoms with van der Waals surface area (Å²) in [5.41, 5.74) is 9.12. The van der Waals surface area contributed by atoms with Crippen LogP contribution in [0, 0.1) is 0 Å². The van der Waals surface area contributed by atoms with Gasteiger partial charge in [-0.2, -0.15) is 0 Å². The number of amides is 1. The smallest absolute Gasteiger partial charge is 0.248 e. The predicted molar refractivity (Wildman–Crippen MR) is 111 cm³/mol. The maximum Gasteiger partial charge on any atom is 0.248 e. The van der Waals surface area contributed by atoms with Crippen LogP contribution in [0.2, 0.25) is 0 Å². The molecule has 0 unspecified atom stereocenters. The van der Waals surface area contributed by atoms with E-state index in [1.807, 2.05) is 12.1 Å². The minimum absolute atomic E-state index is 0.103. The molecule has 1 aromatic heterocycles. The molecule has 3 aromatic carbocycles. The summed E-state index contributed by atoms with van der Waals surface area (Å²) < 4.78 is 11.1. The molecule has 3 N–H and O–H groups in total. The van der Waals surface area contributed by atoms with Crippen LogP contribution in [0.1, 0.15) is 26.3 Å². The lowest BCUT2D eigenvalue weighted by Crippen LogP contribution is -2.15. The number of ketones is 1. The second-order valence-electron chi connectivity index (χ2n) is 6.95. The first-order valence-corrected chi connectivity index (χ1v) is 9.43. The Balaban J connectivity index is 1.42. The minimum Gasteiger partial charge on any atom is -0.486 e. The maximum absolute atomic E-state index is 12.9. The zero-order valence-corrected chi connectivity index (χ0v) is 15.8. The number of hydrogen-bond acceptors (Lipinski definition) is 5. The van der Waals surface area contributed by atoms with E-state index in [9.17, 15) is 9.59 Å². The van der Waals surface area contributed by atoms with Crippen molar-refractivity contribution < 1.29 is 19.1 Å². The number of ether oxygens (including phenoxy) is 2. The molecular weight excluding hydrogens is 382 g/mol. The monoisotopic (exact) mass is 399 g/mol. The normalized spacial score (nSPS) is 12.7. The van der Waals surface area contributed by atoms with Crippen LogP contribution in [0.15, 0.2) is 60.7 Å². The Morgan fingerprint density at radius 2 is 1.53 bits per heavy atom. The van der Waals surface area contributed by atoms with Crippen molar-refractivity contribution in [3.05, 3.63) is 77.4 Å². The molecule has 0 saturated heterocycles. The number of nitrogens with zero attached hydrogens (tertiary/aromatic N) is 1. The van der Waals surface area contributed by atoms with Crippen LogP contribution < -0.4 is 15.2 Å². The molecule has 1 amide bonds. The SMILES string of the molecule is NC(=O)c1ccc2nc(-c3ccc(C(=O)c4ccc5c(c4)OCCO5)cc3)[nH]c2c1. The third-order valence-corrected chi connectivity index (χ3v) is 4.99. The number of imidazole rings is 1. The largest absolute Gasteiger partial charge is 0.486 e. The number of benzene rings is 3. The van der Waals surface area contributed by atoms with Gasteiger partial charge in [0.15, 0.2) is 17.3 Å². The second-order valence-corrected chi connectivity index (χ2v) is 6.95. The average Bonchev–Trinajstić information content (AvgIpc) is 3.22. The summed E-state index contributed by atoms with van der Waals surface area (Å²) in [7, 11) is 0. The Labute approximate surface area is 171 Å². The number of aromatic amines is 1. The lowest BCUT2D eigenvalue weighted by Gasteiger charge is -2.18. The number of carbonyl (C=O) groups excluding carboxylic acids is 2. The van der Waals surface area contributed by atoms with Crippen molar-refractivity contribution in [1.82, 2.24) is 9.97 Å². The van der Waals surface area contributed by atoms with Crippen LogP contribution >= 0.6 is 0 Å². The second kappa shape index (κ2) is 7.04. The van der Waals surface area contributed by atoms with Crippen molar-refractivity contribution in [2.24, 2.45) is 5.73 Å². The van der Waals surface area contributed by atoms with E-state index in [0.29, 0.717) is 47.2 Å². The van der Waals surface area contributed by atoms with Gasteiger partial charge in [-0.25, -0.2) is 4.98 Å². The Hall–Kier alpha value is -4.13. The summed E-state index contributed by atoms with van der Waals surface area (Å²) in [6.45, 7) is 0.977. The van der Waals surface area contributed by atoms with Gasteiger partial charge in [-0.1, -0.05) is 24.3 Å². The number of nitrogens with two attached hydrogens (primary N) is 1. The van der Waals surface area contributed by atoms with Gasteiger partial charge in [0.25, 0.3) is 0 Å². The molecule has 4 aromatic rings. The fraction of sp³-hybridized carbons (Fsp3) is 0.0870. The van der Waals surface area contributed by atoms with Gasteiger partial charge < -0.3 is 20.2 Å². The van der Waals surface area contributed by atoms with Gasteiger partial charge in [-0.15, -0.1) is 0 Å². The molecule has 30 heavy (non-hydrogen) atoms. The van der Waals surface area contributed by atoms with Gasteiger partial charge in [0, 0.05) is 22.3 Å². The van der Waals surface area contributed by atoms with E-state index in [2.05, 4.69) is 9.97 Å². The van der Waals surface area contributed by atoms with Crippen molar-refractivity contribution in [2.45, 2.75) is 0 Å². The van der Waals surface area contributed by atoms with Crippen LogP contribution in [0.5, 0.6) is 11.5 Å². The molecule has 0 radical (unpaired) electrons. The molecule has 5 rings (SSSR count). The molecule has 0 spiro atoms. The van der Waals surface area contributed by atoms with E-state index in [4.69, 9.17) is 15.2 Å². The molecule has 1 aliphatic rings. The number of nitrogens with one attached hydrogen (secondary N) is 1. The summed E-state index contributed by atoms with van der Waals surface area (Å²) in [6, 6.07) is 17.4. The van der Waals surface area contributed by atoms with E-state index in [-0.39, 0.29) is 5.78 Å². The summed E-state index contributed by atoms with van der Waals surface area (Å²) in [6.07, 6.45) is 0. The molecule has 7 heteroatoms. The highest BCUT2D eigenvalue weighted by molar-refractivity contribution is 6.09. The number of rotatable bonds is 4. The number of hydrogen-bond donors (Lipinski definition) is 2. The third kappa shape index (κ3) is 3.16. The standard InChI is InChI=1S/C23H17N3O4/c24-22(28)16-5-7-17-18(11-16)26-23(25-17)14-3-1-13(2-4-14)21(27)15-6-8-19-20(12-15)30-10-9-29-19/h1-8,11-12H,9-10H2,(H2,24,28)(H,25,26). The van der Waals surface area contributed by atoms with Crippen LogP contribution in [-0.2, 0) is 0 Å². The Morgan fingerprint density at radius 1 is 0.833 bits per heavy atom. The molecular formula is C23H17N3O4. The molecule has 0 fully saturated rings. The minimum atomic E-state index is -0.491. The molecule has 0 aliphatic carbocycles. The lowest BCUT2D eigenvalue weighted by atomic mass is 10.0. The van der Waals surface area contributed by atoms with Gasteiger partial charge in [0.1, 0.15) is 19.0 Å². The van der Waals surface area contributed by atoms with Crippen molar-refractivity contribution >= 4 is 22.7 Å². The van der Waals surface area contributed by atoms with E-state index in [1.165, 1.54) is 0 Å². The van der Waals surface area contributed by atoms with Gasteiger partial charge in [-0.05, 0) is 36.4 Å². The first-order chi connectivity index (χ1) is 14.6. The van der Waals surface area contributed by atoms with Crippen molar-refractivity contribution in [3.8, 4) is 22.9 Å². The maximum atomic E-state index is 12.9. The molecule has 0 bridgehead atoms. The number of carbonyl (C=O) groups is 2. The quantitative estimate of drug-likeness (QED) is 0.512. The van der Waals surface area contributed by atoms with Crippen molar-refractivity contribution in [1.29, 1.82) is 0 Å². The van der Waals surface area contributed by atoms with Gasteiger partial charge in [0.2, 0.25) is 5.91 Å². The van der Waals surface area contributed by atoms with E-state index in [1.54, 1.807) is 48.5 Å². The molecule has 1 aliphatic heterocycles. The summed E-state index contributed by atoms with van der Waals surface area (Å²) >= 11 is 0. The van der Waals surface area contributed by atoms with Crippen molar-refractivity contribution in [3.63, 3.8) is 0 Å². The first-order valence-electron chi connectivity index (χ1n) is 9.43.